The van der Waals surface area contributed by atoms with Crippen LogP contribution in [0, 0.1) is 0 Å². The molecule has 1 aliphatic heterocycles. The molecule has 1 heterocycles. The fourth-order valence-corrected chi connectivity index (χ4v) is 1.73. The fraction of sp³-hybridized carbons (Fsp3) is 0.417. The van der Waals surface area contributed by atoms with E-state index in [1.165, 1.54) is 5.56 Å². The molecule has 0 aromatic heterocycles. The molecule has 0 spiro atoms. The molecule has 0 aliphatic carbocycles. The lowest BCUT2D eigenvalue weighted by Crippen LogP contribution is -2.13. The molecule has 3 nitrogen and oxygen atoms in total. The summed E-state index contributed by atoms with van der Waals surface area (Å²) in [5, 5.41) is 0. The molecule has 0 atom stereocenters. The van der Waals surface area contributed by atoms with Gasteiger partial charge < -0.3 is 4.74 Å². The standard InChI is InChI=1S/C12H13NO2/c1-12(2,13-8-14)10-4-3-9-5-6-15-11(9)7-10/h3-4,7H,5-6H2,1-2H3. The molecule has 0 radical (unpaired) electrons. The molecule has 3 heteroatoms. The summed E-state index contributed by atoms with van der Waals surface area (Å²) in [5.74, 6) is 0.918. The minimum absolute atomic E-state index is 0.525. The van der Waals surface area contributed by atoms with Crippen LogP contribution in [0.3, 0.4) is 0 Å². The summed E-state index contributed by atoms with van der Waals surface area (Å²) in [6.07, 6.45) is 2.57. The molecule has 0 fully saturated rings. The van der Waals surface area contributed by atoms with Gasteiger partial charge in [-0.1, -0.05) is 12.1 Å². The normalized spacial score (nSPS) is 14.0. The van der Waals surface area contributed by atoms with Crippen molar-refractivity contribution in [2.24, 2.45) is 4.99 Å². The van der Waals surface area contributed by atoms with E-state index >= 15 is 0 Å². The van der Waals surface area contributed by atoms with Crippen LogP contribution in [-0.2, 0) is 16.8 Å². The first-order chi connectivity index (χ1) is 7.13. The molecule has 0 amide bonds. The van der Waals surface area contributed by atoms with Crippen molar-refractivity contribution in [1.82, 2.24) is 0 Å². The Labute approximate surface area is 88.8 Å². The summed E-state index contributed by atoms with van der Waals surface area (Å²) in [4.78, 5) is 14.1. The lowest BCUT2D eigenvalue weighted by molar-refractivity contribution is 0.355. The molecule has 0 saturated carbocycles. The maximum Gasteiger partial charge on any atom is 0.235 e. The maximum absolute atomic E-state index is 10.3. The zero-order valence-electron chi connectivity index (χ0n) is 8.91. The molecule has 0 N–H and O–H groups in total. The second-order valence-corrected chi connectivity index (χ2v) is 4.18. The van der Waals surface area contributed by atoms with Crippen LogP contribution in [0.4, 0.5) is 0 Å². The summed E-state index contributed by atoms with van der Waals surface area (Å²) in [5.41, 5.74) is 1.68. The van der Waals surface area contributed by atoms with Gasteiger partial charge in [0.25, 0.3) is 0 Å². The Balaban J connectivity index is 2.42. The Kier molecular flexibility index (Phi) is 2.33. The summed E-state index contributed by atoms with van der Waals surface area (Å²) >= 11 is 0. The molecule has 15 heavy (non-hydrogen) atoms. The number of benzene rings is 1. The van der Waals surface area contributed by atoms with E-state index < -0.39 is 5.54 Å². The van der Waals surface area contributed by atoms with Gasteiger partial charge in [-0.25, -0.2) is 4.79 Å². The SMILES string of the molecule is CC(C)(N=C=O)c1ccc2c(c1)OCC2. The molecule has 0 unspecified atom stereocenters. The third kappa shape index (κ3) is 1.79. The third-order valence-corrected chi connectivity index (χ3v) is 2.73. The van der Waals surface area contributed by atoms with Crippen molar-refractivity contribution in [1.29, 1.82) is 0 Å². The lowest BCUT2D eigenvalue weighted by atomic mass is 9.94. The van der Waals surface area contributed by atoms with Gasteiger partial charge in [0.15, 0.2) is 0 Å². The van der Waals surface area contributed by atoms with Crippen molar-refractivity contribution in [3.05, 3.63) is 29.3 Å². The molecule has 78 valence electrons. The number of rotatable bonds is 2. The van der Waals surface area contributed by atoms with Gasteiger partial charge in [-0.3, -0.25) is 0 Å². The molecule has 0 saturated heterocycles. The lowest BCUT2D eigenvalue weighted by Gasteiger charge is -2.18. The van der Waals surface area contributed by atoms with Crippen LogP contribution in [0.2, 0.25) is 0 Å². The van der Waals surface area contributed by atoms with E-state index in [4.69, 9.17) is 4.74 Å². The summed E-state index contributed by atoms with van der Waals surface area (Å²) in [7, 11) is 0. The Morgan fingerprint density at radius 3 is 3.00 bits per heavy atom. The number of aliphatic imine (C=N–C) groups is 1. The highest BCUT2D eigenvalue weighted by atomic mass is 16.5. The van der Waals surface area contributed by atoms with Gasteiger partial charge in [-0.15, -0.1) is 0 Å². The summed E-state index contributed by atoms with van der Waals surface area (Å²) < 4.78 is 5.47. The van der Waals surface area contributed by atoms with Gasteiger partial charge in [-0.05, 0) is 31.0 Å². The van der Waals surface area contributed by atoms with Crippen molar-refractivity contribution in [3.63, 3.8) is 0 Å². The van der Waals surface area contributed by atoms with Gasteiger partial charge in [0.2, 0.25) is 6.08 Å². The summed E-state index contributed by atoms with van der Waals surface area (Å²) in [6.45, 7) is 4.51. The number of hydrogen-bond acceptors (Lipinski definition) is 3. The molecular formula is C12H13NO2. The molecule has 2 rings (SSSR count). The van der Waals surface area contributed by atoms with E-state index in [-0.39, 0.29) is 0 Å². The van der Waals surface area contributed by atoms with Crippen molar-refractivity contribution < 1.29 is 9.53 Å². The first kappa shape index (κ1) is 9.94. The van der Waals surface area contributed by atoms with Gasteiger partial charge >= 0.3 is 0 Å². The van der Waals surface area contributed by atoms with Gasteiger partial charge in [0.1, 0.15) is 5.75 Å². The minimum Gasteiger partial charge on any atom is -0.493 e. The van der Waals surface area contributed by atoms with E-state index in [2.05, 4.69) is 4.99 Å². The van der Waals surface area contributed by atoms with Gasteiger partial charge in [0.05, 0.1) is 12.1 Å². The van der Waals surface area contributed by atoms with E-state index in [1.807, 2.05) is 32.0 Å². The highest BCUT2D eigenvalue weighted by Gasteiger charge is 2.22. The van der Waals surface area contributed by atoms with E-state index in [9.17, 15) is 4.79 Å². The van der Waals surface area contributed by atoms with Crippen molar-refractivity contribution >= 4 is 6.08 Å². The quantitative estimate of drug-likeness (QED) is 0.546. The van der Waals surface area contributed by atoms with E-state index in [0.717, 1.165) is 24.3 Å². The van der Waals surface area contributed by atoms with Crippen molar-refractivity contribution in [2.75, 3.05) is 6.61 Å². The number of carbonyl (C=O) groups excluding carboxylic acids is 1. The van der Waals surface area contributed by atoms with Crippen LogP contribution in [0.5, 0.6) is 5.75 Å². The van der Waals surface area contributed by atoms with Crippen molar-refractivity contribution in [3.8, 4) is 5.75 Å². The van der Waals surface area contributed by atoms with Crippen molar-refractivity contribution in [2.45, 2.75) is 25.8 Å². The fourth-order valence-electron chi connectivity index (χ4n) is 1.73. The van der Waals surface area contributed by atoms with E-state index in [1.54, 1.807) is 6.08 Å². The van der Waals surface area contributed by atoms with Gasteiger partial charge in [0, 0.05) is 6.42 Å². The first-order valence-electron chi connectivity index (χ1n) is 4.99. The average Bonchev–Trinajstić information content (AvgIpc) is 2.63. The average molecular weight is 203 g/mol. The Bertz CT molecular complexity index is 431. The second kappa shape index (κ2) is 3.52. The van der Waals surface area contributed by atoms with Crippen LogP contribution in [0.1, 0.15) is 25.0 Å². The first-order valence-corrected chi connectivity index (χ1v) is 4.99. The number of isocyanates is 1. The number of fused-ring (bicyclic) bond motifs is 1. The molecule has 1 aromatic rings. The van der Waals surface area contributed by atoms with Crippen LogP contribution in [0.25, 0.3) is 0 Å². The van der Waals surface area contributed by atoms with Crippen LogP contribution < -0.4 is 4.74 Å². The maximum atomic E-state index is 10.3. The zero-order chi connectivity index (χ0) is 10.9. The number of hydrogen-bond donors (Lipinski definition) is 0. The van der Waals surface area contributed by atoms with Gasteiger partial charge in [-0.2, -0.15) is 4.99 Å². The summed E-state index contributed by atoms with van der Waals surface area (Å²) in [6, 6.07) is 6.00. The molecule has 1 aromatic carbocycles. The van der Waals surface area contributed by atoms with Crippen LogP contribution in [-0.4, -0.2) is 12.7 Å². The monoisotopic (exact) mass is 203 g/mol. The predicted octanol–water partition coefficient (Wildman–Crippen LogP) is 2.19. The highest BCUT2D eigenvalue weighted by Crippen LogP contribution is 2.32. The second-order valence-electron chi connectivity index (χ2n) is 4.18. The Hall–Kier alpha value is -1.60. The Morgan fingerprint density at radius 2 is 2.27 bits per heavy atom. The topological polar surface area (TPSA) is 38.7 Å². The van der Waals surface area contributed by atoms with E-state index in [0.29, 0.717) is 0 Å². The molecule has 0 bridgehead atoms. The molecule has 1 aliphatic rings. The highest BCUT2D eigenvalue weighted by molar-refractivity contribution is 5.44. The largest absolute Gasteiger partial charge is 0.493 e. The Morgan fingerprint density at radius 1 is 1.47 bits per heavy atom. The zero-order valence-corrected chi connectivity index (χ0v) is 8.91. The number of ether oxygens (including phenoxy) is 1. The predicted molar refractivity (Wildman–Crippen MR) is 56.8 cm³/mol. The van der Waals surface area contributed by atoms with Crippen LogP contribution in [0.15, 0.2) is 23.2 Å². The minimum atomic E-state index is -0.525. The smallest absolute Gasteiger partial charge is 0.235 e. The molecular weight excluding hydrogens is 190 g/mol. The number of nitrogens with zero attached hydrogens (tertiary/aromatic N) is 1. The third-order valence-electron chi connectivity index (χ3n) is 2.73. The van der Waals surface area contributed by atoms with Crippen LogP contribution >= 0.6 is 0 Å².